The first-order chi connectivity index (χ1) is 14.7. The summed E-state index contributed by atoms with van der Waals surface area (Å²) < 4.78 is 18.6. The standard InChI is InChI=1S/C23H25FN4O2.ClH/c24-17-8-9-19-20(26-30-21(19)15-17)7-4-12-27-13-10-23(11-14-27)22(29)25-16-28(23)18-5-2-1-3-6-18;/h1-3,5-6,8-9,15H,4,7,10-14,16H2,(H,25,29);1H. The first-order valence-corrected chi connectivity index (χ1v) is 10.5. The number of rotatable bonds is 5. The van der Waals surface area contributed by atoms with Gasteiger partial charge in [-0.05, 0) is 56.5 Å². The number of aromatic nitrogens is 1. The number of carbonyl (C=O) groups is 1. The van der Waals surface area contributed by atoms with Gasteiger partial charge in [0.15, 0.2) is 5.58 Å². The van der Waals surface area contributed by atoms with Crippen molar-refractivity contribution in [3.63, 3.8) is 0 Å². The fourth-order valence-electron chi connectivity index (χ4n) is 4.79. The van der Waals surface area contributed by atoms with E-state index in [0.29, 0.717) is 12.3 Å². The highest BCUT2D eigenvalue weighted by Gasteiger charge is 2.50. The summed E-state index contributed by atoms with van der Waals surface area (Å²) >= 11 is 0. The number of hydrogen-bond donors (Lipinski definition) is 1. The van der Waals surface area contributed by atoms with Crippen molar-refractivity contribution in [2.45, 2.75) is 31.2 Å². The average Bonchev–Trinajstić information content (AvgIpc) is 3.31. The first kappa shape index (κ1) is 21.6. The minimum absolute atomic E-state index is 0. The van der Waals surface area contributed by atoms with E-state index in [-0.39, 0.29) is 24.1 Å². The van der Waals surface area contributed by atoms with Gasteiger partial charge in [-0.25, -0.2) is 4.39 Å². The van der Waals surface area contributed by atoms with Gasteiger partial charge in [-0.1, -0.05) is 23.4 Å². The van der Waals surface area contributed by atoms with Crippen LogP contribution in [0.25, 0.3) is 11.0 Å². The molecule has 0 bridgehead atoms. The summed E-state index contributed by atoms with van der Waals surface area (Å²) in [5.74, 6) is -0.166. The number of nitrogens with zero attached hydrogens (tertiary/aromatic N) is 3. The number of carbonyl (C=O) groups excluding carboxylic acids is 1. The van der Waals surface area contributed by atoms with Crippen LogP contribution in [0.5, 0.6) is 0 Å². The lowest BCUT2D eigenvalue weighted by Gasteiger charge is -2.43. The molecule has 0 saturated carbocycles. The number of amides is 1. The molecule has 2 fully saturated rings. The monoisotopic (exact) mass is 444 g/mol. The van der Waals surface area contributed by atoms with Gasteiger partial charge in [0.1, 0.15) is 11.4 Å². The average molecular weight is 445 g/mol. The van der Waals surface area contributed by atoms with Crippen molar-refractivity contribution >= 4 is 35.0 Å². The van der Waals surface area contributed by atoms with Crippen LogP contribution in [-0.2, 0) is 11.2 Å². The predicted molar refractivity (Wildman–Crippen MR) is 120 cm³/mol. The molecule has 1 aromatic heterocycles. The lowest BCUT2D eigenvalue weighted by Crippen LogP contribution is -2.56. The van der Waals surface area contributed by atoms with Gasteiger partial charge in [0, 0.05) is 30.2 Å². The van der Waals surface area contributed by atoms with E-state index in [4.69, 9.17) is 4.52 Å². The summed E-state index contributed by atoms with van der Waals surface area (Å²) in [5, 5.41) is 8.04. The Morgan fingerprint density at radius 1 is 1.13 bits per heavy atom. The summed E-state index contributed by atoms with van der Waals surface area (Å²) in [6, 6.07) is 14.7. The zero-order chi connectivity index (χ0) is 20.6. The molecule has 0 unspecified atom stereocenters. The van der Waals surface area contributed by atoms with E-state index in [1.165, 1.54) is 12.1 Å². The normalized spacial score (nSPS) is 18.4. The molecule has 0 atom stereocenters. The van der Waals surface area contributed by atoms with Gasteiger partial charge in [0.2, 0.25) is 5.91 Å². The molecule has 2 aliphatic rings. The van der Waals surface area contributed by atoms with E-state index >= 15 is 0 Å². The van der Waals surface area contributed by atoms with Crippen LogP contribution >= 0.6 is 12.4 Å². The highest BCUT2D eigenvalue weighted by Crippen LogP contribution is 2.36. The second-order valence-corrected chi connectivity index (χ2v) is 8.17. The van der Waals surface area contributed by atoms with Gasteiger partial charge in [-0.15, -0.1) is 12.4 Å². The molecule has 0 aliphatic carbocycles. The lowest BCUT2D eigenvalue weighted by molar-refractivity contribution is -0.125. The number of anilines is 1. The van der Waals surface area contributed by atoms with Gasteiger partial charge in [-0.2, -0.15) is 0 Å². The van der Waals surface area contributed by atoms with E-state index in [9.17, 15) is 9.18 Å². The van der Waals surface area contributed by atoms with Crippen molar-refractivity contribution < 1.29 is 13.7 Å². The number of para-hydroxylation sites is 1. The molecular formula is C23H26ClFN4O2. The number of fused-ring (bicyclic) bond motifs is 1. The van der Waals surface area contributed by atoms with Crippen molar-refractivity contribution in [2.75, 3.05) is 31.2 Å². The maximum atomic E-state index is 13.3. The van der Waals surface area contributed by atoms with Crippen LogP contribution in [0.4, 0.5) is 10.1 Å². The maximum Gasteiger partial charge on any atom is 0.247 e. The van der Waals surface area contributed by atoms with Crippen molar-refractivity contribution in [3.8, 4) is 0 Å². The van der Waals surface area contributed by atoms with Gasteiger partial charge >= 0.3 is 0 Å². The maximum absolute atomic E-state index is 13.3. The fourth-order valence-corrected chi connectivity index (χ4v) is 4.79. The zero-order valence-electron chi connectivity index (χ0n) is 17.2. The number of aryl methyl sites for hydroxylation is 1. The molecule has 5 rings (SSSR count). The summed E-state index contributed by atoms with van der Waals surface area (Å²) in [6.07, 6.45) is 3.37. The van der Waals surface area contributed by atoms with Crippen molar-refractivity contribution in [3.05, 3.63) is 60.0 Å². The Bertz CT molecular complexity index is 1050. The Morgan fingerprint density at radius 3 is 2.68 bits per heavy atom. The molecule has 0 radical (unpaired) electrons. The molecule has 6 nitrogen and oxygen atoms in total. The van der Waals surface area contributed by atoms with Crippen LogP contribution in [0, 0.1) is 5.82 Å². The molecule has 2 aliphatic heterocycles. The van der Waals surface area contributed by atoms with Gasteiger partial charge in [0.25, 0.3) is 0 Å². The first-order valence-electron chi connectivity index (χ1n) is 10.5. The SMILES string of the molecule is Cl.O=C1NCN(c2ccccc2)C12CCN(CCCc1noc3cc(F)ccc13)CC2. The van der Waals surface area contributed by atoms with E-state index < -0.39 is 5.54 Å². The molecule has 2 aromatic carbocycles. The number of hydrogen-bond acceptors (Lipinski definition) is 5. The Balaban J connectivity index is 0.00000231. The third kappa shape index (κ3) is 4.00. The lowest BCUT2D eigenvalue weighted by atomic mass is 9.85. The summed E-state index contributed by atoms with van der Waals surface area (Å²) in [7, 11) is 0. The Hall–Kier alpha value is -2.64. The summed E-state index contributed by atoms with van der Waals surface area (Å²) in [6.45, 7) is 3.30. The third-order valence-electron chi connectivity index (χ3n) is 6.48. The molecule has 31 heavy (non-hydrogen) atoms. The predicted octanol–water partition coefficient (Wildman–Crippen LogP) is 3.75. The summed E-state index contributed by atoms with van der Waals surface area (Å²) in [5.41, 5.74) is 2.03. The van der Waals surface area contributed by atoms with E-state index in [2.05, 4.69) is 32.4 Å². The molecule has 1 spiro atoms. The number of benzene rings is 2. The fraction of sp³-hybridized carbons (Fsp3) is 0.391. The largest absolute Gasteiger partial charge is 0.356 e. The smallest absolute Gasteiger partial charge is 0.247 e. The minimum Gasteiger partial charge on any atom is -0.356 e. The van der Waals surface area contributed by atoms with Crippen LogP contribution in [0.15, 0.2) is 53.1 Å². The molecule has 3 heterocycles. The molecular weight excluding hydrogens is 419 g/mol. The minimum atomic E-state index is -0.440. The Morgan fingerprint density at radius 2 is 1.90 bits per heavy atom. The van der Waals surface area contributed by atoms with Crippen LogP contribution < -0.4 is 10.2 Å². The Labute approximate surface area is 186 Å². The van der Waals surface area contributed by atoms with Gasteiger partial charge < -0.3 is 19.6 Å². The number of nitrogens with one attached hydrogen (secondary N) is 1. The second-order valence-electron chi connectivity index (χ2n) is 8.17. The number of halogens is 2. The van der Waals surface area contributed by atoms with Crippen molar-refractivity contribution in [2.24, 2.45) is 0 Å². The van der Waals surface area contributed by atoms with Crippen molar-refractivity contribution in [1.29, 1.82) is 0 Å². The quantitative estimate of drug-likeness (QED) is 0.649. The molecule has 2 saturated heterocycles. The van der Waals surface area contributed by atoms with E-state index in [1.807, 2.05) is 18.2 Å². The van der Waals surface area contributed by atoms with E-state index in [0.717, 1.165) is 62.1 Å². The molecule has 8 heteroatoms. The van der Waals surface area contributed by atoms with Crippen molar-refractivity contribution in [1.82, 2.24) is 15.4 Å². The van der Waals surface area contributed by atoms with Gasteiger partial charge in [0.05, 0.1) is 12.4 Å². The third-order valence-corrected chi connectivity index (χ3v) is 6.48. The van der Waals surface area contributed by atoms with Crippen LogP contribution in [0.2, 0.25) is 0 Å². The zero-order valence-corrected chi connectivity index (χ0v) is 18.0. The van der Waals surface area contributed by atoms with Crippen LogP contribution in [0.3, 0.4) is 0 Å². The molecule has 1 amide bonds. The highest BCUT2D eigenvalue weighted by molar-refractivity contribution is 5.93. The highest BCUT2D eigenvalue weighted by atomic mass is 35.5. The van der Waals surface area contributed by atoms with E-state index in [1.54, 1.807) is 6.07 Å². The number of piperidine rings is 1. The molecule has 3 aromatic rings. The molecule has 1 N–H and O–H groups in total. The van der Waals surface area contributed by atoms with Crippen LogP contribution in [0.1, 0.15) is 25.0 Å². The Kier molecular flexibility index (Phi) is 6.16. The summed E-state index contributed by atoms with van der Waals surface area (Å²) in [4.78, 5) is 17.4. The number of likely N-dealkylation sites (tertiary alicyclic amines) is 1. The second kappa shape index (κ2) is 8.85. The van der Waals surface area contributed by atoms with Crippen LogP contribution in [-0.4, -0.2) is 47.8 Å². The topological polar surface area (TPSA) is 61.6 Å². The van der Waals surface area contributed by atoms with Gasteiger partial charge in [-0.3, -0.25) is 4.79 Å². The molecule has 164 valence electrons.